The Balaban J connectivity index is 1.34. The van der Waals surface area contributed by atoms with Crippen LogP contribution >= 0.6 is 0 Å². The molecule has 29 heavy (non-hydrogen) atoms. The Hall–Kier alpha value is -3.11. The van der Waals surface area contributed by atoms with Crippen LogP contribution in [0.1, 0.15) is 40.7 Å². The molecule has 0 spiro atoms. The fourth-order valence-electron chi connectivity index (χ4n) is 3.25. The molecular weight excluding hydrogens is 364 g/mol. The van der Waals surface area contributed by atoms with Crippen LogP contribution in [0.25, 0.3) is 0 Å². The molecule has 0 unspecified atom stereocenters. The Morgan fingerprint density at radius 1 is 0.828 bits per heavy atom. The molecular formula is C25H24O4. The van der Waals surface area contributed by atoms with Crippen LogP contribution in [-0.4, -0.2) is 18.7 Å². The zero-order chi connectivity index (χ0) is 19.9. The Bertz CT molecular complexity index is 911. The zero-order valence-electron chi connectivity index (χ0n) is 16.3. The number of rotatable bonds is 7. The lowest BCUT2D eigenvalue weighted by molar-refractivity contribution is -0.105. The number of carbonyl (C=O) groups is 1. The van der Waals surface area contributed by atoms with Crippen molar-refractivity contribution in [3.8, 4) is 11.5 Å². The average molecular weight is 388 g/mol. The summed E-state index contributed by atoms with van der Waals surface area (Å²) in [6, 6.07) is 24.5. The van der Waals surface area contributed by atoms with Gasteiger partial charge in [0.2, 0.25) is 0 Å². The Morgan fingerprint density at radius 3 is 2.10 bits per heavy atom. The van der Waals surface area contributed by atoms with Crippen LogP contribution < -0.4 is 9.47 Å². The Labute approximate surface area is 171 Å². The zero-order valence-corrected chi connectivity index (χ0v) is 16.3. The van der Waals surface area contributed by atoms with Crippen LogP contribution in [0.15, 0.2) is 78.9 Å². The van der Waals surface area contributed by atoms with Gasteiger partial charge in [-0.2, -0.15) is 0 Å². The molecule has 0 aromatic heterocycles. The minimum absolute atomic E-state index is 0.0277. The van der Waals surface area contributed by atoms with E-state index in [1.165, 1.54) is 0 Å². The molecule has 3 aromatic carbocycles. The number of carbonyl (C=O) groups excluding carboxylic acids is 1. The van der Waals surface area contributed by atoms with Gasteiger partial charge in [0.15, 0.2) is 12.1 Å². The lowest BCUT2D eigenvalue weighted by atomic mass is 10.0. The summed E-state index contributed by atoms with van der Waals surface area (Å²) in [5, 5.41) is 0. The van der Waals surface area contributed by atoms with E-state index in [1.54, 1.807) is 24.3 Å². The summed E-state index contributed by atoms with van der Waals surface area (Å²) >= 11 is 0. The fraction of sp³-hybridized carbons (Fsp3) is 0.240. The predicted molar refractivity (Wildman–Crippen MR) is 111 cm³/mol. The molecule has 4 rings (SSSR count). The molecule has 1 fully saturated rings. The van der Waals surface area contributed by atoms with E-state index < -0.39 is 0 Å². The molecule has 1 atom stereocenters. The van der Waals surface area contributed by atoms with E-state index in [0.29, 0.717) is 17.7 Å². The summed E-state index contributed by atoms with van der Waals surface area (Å²) in [4.78, 5) is 12.7. The van der Waals surface area contributed by atoms with Crippen LogP contribution in [-0.2, 0) is 11.3 Å². The standard InChI is InChI=1S/C25H24O4/c26-25(21-11-15-23(16-12-21)29-24-8-4-5-17-27-24)20-9-13-22(14-10-20)28-18-19-6-2-1-3-7-19/h1-3,6-7,9-16,24H,4-5,8,17-18H2/t24-/m1/s1. The summed E-state index contributed by atoms with van der Waals surface area (Å²) < 4.78 is 17.2. The highest BCUT2D eigenvalue weighted by Gasteiger charge is 2.16. The molecule has 0 aliphatic carbocycles. The molecule has 4 heteroatoms. The maximum atomic E-state index is 12.7. The van der Waals surface area contributed by atoms with Crippen molar-refractivity contribution in [1.29, 1.82) is 0 Å². The molecule has 1 heterocycles. The van der Waals surface area contributed by atoms with Crippen LogP contribution in [0.2, 0.25) is 0 Å². The average Bonchev–Trinajstić information content (AvgIpc) is 2.79. The molecule has 3 aromatic rings. The maximum Gasteiger partial charge on any atom is 0.199 e. The van der Waals surface area contributed by atoms with Crippen molar-refractivity contribution in [2.75, 3.05) is 6.61 Å². The van der Waals surface area contributed by atoms with Crippen molar-refractivity contribution in [2.24, 2.45) is 0 Å². The third-order valence-corrected chi connectivity index (χ3v) is 4.89. The van der Waals surface area contributed by atoms with E-state index in [0.717, 1.165) is 42.9 Å². The number of ketones is 1. The molecule has 1 saturated heterocycles. The number of benzene rings is 3. The van der Waals surface area contributed by atoms with Gasteiger partial charge in [0, 0.05) is 17.5 Å². The van der Waals surface area contributed by atoms with E-state index in [2.05, 4.69) is 0 Å². The van der Waals surface area contributed by atoms with Crippen LogP contribution in [0.3, 0.4) is 0 Å². The second-order valence-corrected chi connectivity index (χ2v) is 7.07. The highest BCUT2D eigenvalue weighted by atomic mass is 16.7. The van der Waals surface area contributed by atoms with E-state index in [-0.39, 0.29) is 12.1 Å². The molecule has 0 amide bonds. The first-order chi connectivity index (χ1) is 14.3. The fourth-order valence-corrected chi connectivity index (χ4v) is 3.25. The Morgan fingerprint density at radius 2 is 1.48 bits per heavy atom. The lowest BCUT2D eigenvalue weighted by Gasteiger charge is -2.23. The Kier molecular flexibility index (Phi) is 6.22. The minimum atomic E-state index is -0.186. The lowest BCUT2D eigenvalue weighted by Crippen LogP contribution is -2.24. The second kappa shape index (κ2) is 9.39. The first kappa shape index (κ1) is 19.2. The molecule has 148 valence electrons. The monoisotopic (exact) mass is 388 g/mol. The number of hydrogen-bond donors (Lipinski definition) is 0. The highest BCUT2D eigenvalue weighted by molar-refractivity contribution is 6.09. The summed E-state index contributed by atoms with van der Waals surface area (Å²) in [6.07, 6.45) is 2.92. The molecule has 0 radical (unpaired) electrons. The first-order valence-corrected chi connectivity index (χ1v) is 9.98. The molecule has 1 aliphatic heterocycles. The molecule has 1 aliphatic rings. The van der Waals surface area contributed by atoms with Crippen LogP contribution in [0.4, 0.5) is 0 Å². The normalized spacial score (nSPS) is 16.2. The van der Waals surface area contributed by atoms with Gasteiger partial charge in [-0.05, 0) is 66.9 Å². The summed E-state index contributed by atoms with van der Waals surface area (Å²) in [5.41, 5.74) is 2.36. The number of ether oxygens (including phenoxy) is 3. The van der Waals surface area contributed by atoms with Gasteiger partial charge in [-0.25, -0.2) is 0 Å². The van der Waals surface area contributed by atoms with Gasteiger partial charge >= 0.3 is 0 Å². The molecule has 0 N–H and O–H groups in total. The van der Waals surface area contributed by atoms with Crippen molar-refractivity contribution < 1.29 is 19.0 Å². The van der Waals surface area contributed by atoms with Gasteiger partial charge in [0.1, 0.15) is 18.1 Å². The molecule has 0 saturated carbocycles. The van der Waals surface area contributed by atoms with E-state index in [9.17, 15) is 4.79 Å². The predicted octanol–water partition coefficient (Wildman–Crippen LogP) is 5.40. The second-order valence-electron chi connectivity index (χ2n) is 7.07. The van der Waals surface area contributed by atoms with Crippen LogP contribution in [0, 0.1) is 0 Å². The topological polar surface area (TPSA) is 44.8 Å². The molecule has 4 nitrogen and oxygen atoms in total. The van der Waals surface area contributed by atoms with Crippen molar-refractivity contribution in [3.63, 3.8) is 0 Å². The van der Waals surface area contributed by atoms with E-state index >= 15 is 0 Å². The van der Waals surface area contributed by atoms with Crippen molar-refractivity contribution in [1.82, 2.24) is 0 Å². The van der Waals surface area contributed by atoms with E-state index in [1.807, 2.05) is 54.6 Å². The number of hydrogen-bond acceptors (Lipinski definition) is 4. The van der Waals surface area contributed by atoms with Gasteiger partial charge in [-0.3, -0.25) is 4.79 Å². The summed E-state index contributed by atoms with van der Waals surface area (Å²) in [6.45, 7) is 1.24. The van der Waals surface area contributed by atoms with Crippen LogP contribution in [0.5, 0.6) is 11.5 Å². The maximum absolute atomic E-state index is 12.7. The van der Waals surface area contributed by atoms with Gasteiger partial charge in [-0.15, -0.1) is 0 Å². The van der Waals surface area contributed by atoms with E-state index in [4.69, 9.17) is 14.2 Å². The summed E-state index contributed by atoms with van der Waals surface area (Å²) in [5.74, 6) is 1.43. The largest absolute Gasteiger partial charge is 0.489 e. The van der Waals surface area contributed by atoms with Gasteiger partial charge in [0.25, 0.3) is 0 Å². The van der Waals surface area contributed by atoms with Crippen molar-refractivity contribution in [3.05, 3.63) is 95.6 Å². The van der Waals surface area contributed by atoms with Crippen molar-refractivity contribution >= 4 is 5.78 Å². The first-order valence-electron chi connectivity index (χ1n) is 9.98. The minimum Gasteiger partial charge on any atom is -0.489 e. The van der Waals surface area contributed by atoms with Gasteiger partial charge < -0.3 is 14.2 Å². The highest BCUT2D eigenvalue weighted by Crippen LogP contribution is 2.21. The smallest absolute Gasteiger partial charge is 0.199 e. The van der Waals surface area contributed by atoms with Crippen molar-refractivity contribution in [2.45, 2.75) is 32.2 Å². The summed E-state index contributed by atoms with van der Waals surface area (Å²) in [7, 11) is 0. The third-order valence-electron chi connectivity index (χ3n) is 4.89. The third kappa shape index (κ3) is 5.24. The van der Waals surface area contributed by atoms with Gasteiger partial charge in [0.05, 0.1) is 6.61 Å². The van der Waals surface area contributed by atoms with Gasteiger partial charge in [-0.1, -0.05) is 30.3 Å². The SMILES string of the molecule is O=C(c1ccc(OCc2ccccc2)cc1)c1ccc(O[C@@H]2CCCCO2)cc1. The quantitative estimate of drug-likeness (QED) is 0.508. The molecule has 0 bridgehead atoms.